The predicted octanol–water partition coefficient (Wildman–Crippen LogP) is 3.51. The maximum atomic E-state index is 6.05. The second-order valence-corrected chi connectivity index (χ2v) is 5.41. The molecule has 1 aliphatic heterocycles. The quantitative estimate of drug-likeness (QED) is 0.913. The average molecular weight is 278 g/mol. The Bertz CT molecular complexity index is 556. The van der Waals surface area contributed by atoms with E-state index in [0.29, 0.717) is 10.9 Å². The number of hydrogen-bond acceptors (Lipinski definition) is 4. The van der Waals surface area contributed by atoms with Gasteiger partial charge in [-0.05, 0) is 50.1 Å². The molecule has 19 heavy (non-hydrogen) atoms. The molecule has 0 radical (unpaired) electrons. The van der Waals surface area contributed by atoms with Gasteiger partial charge in [-0.1, -0.05) is 23.2 Å². The smallest absolute Gasteiger partial charge is 0.258 e. The van der Waals surface area contributed by atoms with Gasteiger partial charge >= 0.3 is 0 Å². The molecule has 4 nitrogen and oxygen atoms in total. The third-order valence-corrected chi connectivity index (χ3v) is 3.57. The van der Waals surface area contributed by atoms with Crippen LogP contribution in [0.25, 0.3) is 11.5 Å². The molecule has 1 fully saturated rings. The monoisotopic (exact) mass is 277 g/mol. The molecule has 1 saturated heterocycles. The van der Waals surface area contributed by atoms with Crippen molar-refractivity contribution in [3.8, 4) is 11.5 Å². The van der Waals surface area contributed by atoms with Gasteiger partial charge in [0, 0.05) is 10.6 Å². The Morgan fingerprint density at radius 3 is 2.95 bits per heavy atom. The summed E-state index contributed by atoms with van der Waals surface area (Å²) >= 11 is 6.05. The second kappa shape index (κ2) is 5.31. The average Bonchev–Trinajstić information content (AvgIpc) is 2.88. The van der Waals surface area contributed by atoms with Gasteiger partial charge in [0.25, 0.3) is 5.89 Å². The highest BCUT2D eigenvalue weighted by Crippen LogP contribution is 2.26. The Kier molecular flexibility index (Phi) is 3.53. The summed E-state index contributed by atoms with van der Waals surface area (Å²) in [4.78, 5) is 4.49. The Morgan fingerprint density at radius 2 is 2.21 bits per heavy atom. The lowest BCUT2D eigenvalue weighted by Gasteiger charge is -2.19. The van der Waals surface area contributed by atoms with Gasteiger partial charge in [-0.15, -0.1) is 0 Å². The molecule has 5 heteroatoms. The van der Waals surface area contributed by atoms with E-state index in [4.69, 9.17) is 16.1 Å². The fraction of sp³-hybridized carbons (Fsp3) is 0.429. The number of halogens is 1. The van der Waals surface area contributed by atoms with E-state index in [1.54, 1.807) is 0 Å². The van der Waals surface area contributed by atoms with Crippen LogP contribution < -0.4 is 5.32 Å². The summed E-state index contributed by atoms with van der Waals surface area (Å²) in [6.07, 6.45) is 3.49. The van der Waals surface area contributed by atoms with Crippen molar-refractivity contribution in [3.05, 3.63) is 34.6 Å². The topological polar surface area (TPSA) is 51.0 Å². The number of benzene rings is 1. The predicted molar refractivity (Wildman–Crippen MR) is 74.1 cm³/mol. The molecule has 3 rings (SSSR count). The normalized spacial score (nSPS) is 19.6. The van der Waals surface area contributed by atoms with Gasteiger partial charge in [0.2, 0.25) is 0 Å². The first-order chi connectivity index (χ1) is 9.22. The molecule has 100 valence electrons. The molecule has 1 N–H and O–H groups in total. The Hall–Kier alpha value is -1.39. The fourth-order valence-corrected chi connectivity index (χ4v) is 2.72. The maximum Gasteiger partial charge on any atom is 0.258 e. The third kappa shape index (κ3) is 2.80. The summed E-state index contributed by atoms with van der Waals surface area (Å²) in [6.45, 7) is 3.01. The minimum atomic E-state index is 0.214. The van der Waals surface area contributed by atoms with Gasteiger partial charge in [-0.25, -0.2) is 0 Å². The molecule has 0 bridgehead atoms. The first-order valence-electron chi connectivity index (χ1n) is 6.57. The lowest BCUT2D eigenvalue weighted by atomic mass is 10.0. The van der Waals surface area contributed by atoms with Crippen LogP contribution in [0.1, 0.15) is 36.7 Å². The molecule has 0 amide bonds. The molecule has 1 aromatic heterocycles. The Labute approximate surface area is 117 Å². The number of piperidine rings is 1. The van der Waals surface area contributed by atoms with Gasteiger partial charge in [0.15, 0.2) is 5.82 Å². The minimum absolute atomic E-state index is 0.214. The van der Waals surface area contributed by atoms with Gasteiger partial charge in [-0.2, -0.15) is 4.98 Å². The first-order valence-corrected chi connectivity index (χ1v) is 6.95. The second-order valence-electron chi connectivity index (χ2n) is 4.98. The van der Waals surface area contributed by atoms with E-state index < -0.39 is 0 Å². The summed E-state index contributed by atoms with van der Waals surface area (Å²) in [7, 11) is 0. The summed E-state index contributed by atoms with van der Waals surface area (Å²) in [5.74, 6) is 1.28. The molecule has 1 aromatic carbocycles. The zero-order valence-electron chi connectivity index (χ0n) is 10.8. The first kappa shape index (κ1) is 12.6. The highest BCUT2D eigenvalue weighted by Gasteiger charge is 2.20. The number of nitrogens with zero attached hydrogens (tertiary/aromatic N) is 2. The molecule has 2 aromatic rings. The highest BCUT2D eigenvalue weighted by atomic mass is 35.5. The fourth-order valence-electron chi connectivity index (χ4n) is 2.43. The van der Waals surface area contributed by atoms with E-state index in [1.165, 1.54) is 12.8 Å². The van der Waals surface area contributed by atoms with Crippen molar-refractivity contribution in [2.75, 3.05) is 6.54 Å². The lowest BCUT2D eigenvalue weighted by molar-refractivity contribution is 0.367. The van der Waals surface area contributed by atoms with Crippen LogP contribution in [0.5, 0.6) is 0 Å². The van der Waals surface area contributed by atoms with Crippen LogP contribution in [0.3, 0.4) is 0 Å². The molecule has 0 aliphatic carbocycles. The van der Waals surface area contributed by atoms with E-state index >= 15 is 0 Å². The number of hydrogen-bond donors (Lipinski definition) is 1. The molecule has 0 spiro atoms. The van der Waals surface area contributed by atoms with Gasteiger partial charge in [0.05, 0.1) is 6.04 Å². The van der Waals surface area contributed by atoms with Crippen molar-refractivity contribution >= 4 is 11.6 Å². The zero-order chi connectivity index (χ0) is 13.2. The van der Waals surface area contributed by atoms with Crippen LogP contribution in [0.15, 0.2) is 22.7 Å². The van der Waals surface area contributed by atoms with Crippen molar-refractivity contribution in [2.24, 2.45) is 0 Å². The Morgan fingerprint density at radius 1 is 1.32 bits per heavy atom. The number of aryl methyl sites for hydroxylation is 1. The van der Waals surface area contributed by atoms with E-state index in [9.17, 15) is 0 Å². The van der Waals surface area contributed by atoms with Crippen molar-refractivity contribution < 1.29 is 4.52 Å². The maximum absolute atomic E-state index is 6.05. The van der Waals surface area contributed by atoms with Crippen LogP contribution in [-0.4, -0.2) is 16.7 Å². The summed E-state index contributed by atoms with van der Waals surface area (Å²) in [6, 6.07) is 5.97. The van der Waals surface area contributed by atoms with Gasteiger partial charge in [-0.3, -0.25) is 0 Å². The van der Waals surface area contributed by atoms with E-state index in [-0.39, 0.29) is 6.04 Å². The molecule has 1 unspecified atom stereocenters. The summed E-state index contributed by atoms with van der Waals surface area (Å²) < 4.78 is 5.35. The Balaban J connectivity index is 1.87. The van der Waals surface area contributed by atoms with Crippen molar-refractivity contribution in [1.29, 1.82) is 0 Å². The van der Waals surface area contributed by atoms with Crippen molar-refractivity contribution in [2.45, 2.75) is 32.2 Å². The van der Waals surface area contributed by atoms with E-state index in [1.807, 2.05) is 25.1 Å². The molecule has 1 aliphatic rings. The van der Waals surface area contributed by atoms with Gasteiger partial charge < -0.3 is 9.84 Å². The third-order valence-electron chi connectivity index (χ3n) is 3.35. The van der Waals surface area contributed by atoms with E-state index in [2.05, 4.69) is 15.5 Å². The summed E-state index contributed by atoms with van der Waals surface area (Å²) in [5, 5.41) is 8.18. The molecule has 1 atom stereocenters. The SMILES string of the molecule is Cc1cc(Cl)cc(-c2nc(C3CCCCN3)no2)c1. The number of rotatable bonds is 2. The molecule has 2 heterocycles. The van der Waals surface area contributed by atoms with E-state index in [0.717, 1.165) is 29.9 Å². The minimum Gasteiger partial charge on any atom is -0.334 e. The largest absolute Gasteiger partial charge is 0.334 e. The van der Waals surface area contributed by atoms with Crippen LogP contribution in [0, 0.1) is 6.92 Å². The van der Waals surface area contributed by atoms with Gasteiger partial charge in [0.1, 0.15) is 0 Å². The van der Waals surface area contributed by atoms with Crippen molar-refractivity contribution in [3.63, 3.8) is 0 Å². The molecular weight excluding hydrogens is 262 g/mol. The number of aromatic nitrogens is 2. The van der Waals surface area contributed by atoms with Crippen LogP contribution in [0.4, 0.5) is 0 Å². The standard InChI is InChI=1S/C14H16ClN3O/c1-9-6-10(8-11(15)7-9)14-17-13(18-19-14)12-4-2-3-5-16-12/h6-8,12,16H,2-5H2,1H3. The van der Waals surface area contributed by atoms with Crippen molar-refractivity contribution in [1.82, 2.24) is 15.5 Å². The summed E-state index contributed by atoms with van der Waals surface area (Å²) in [5.41, 5.74) is 1.96. The van der Waals surface area contributed by atoms with Crippen LogP contribution >= 0.6 is 11.6 Å². The lowest BCUT2D eigenvalue weighted by Crippen LogP contribution is -2.27. The van der Waals surface area contributed by atoms with Crippen LogP contribution in [-0.2, 0) is 0 Å². The molecular formula is C14H16ClN3O. The zero-order valence-corrected chi connectivity index (χ0v) is 11.6. The van der Waals surface area contributed by atoms with Crippen LogP contribution in [0.2, 0.25) is 5.02 Å². The number of nitrogens with one attached hydrogen (secondary N) is 1. The molecule has 0 saturated carbocycles. The highest BCUT2D eigenvalue weighted by molar-refractivity contribution is 6.30.